The molecule has 0 spiro atoms. The summed E-state index contributed by atoms with van der Waals surface area (Å²) in [6.45, 7) is 0.469. The molecule has 1 fully saturated rings. The highest BCUT2D eigenvalue weighted by molar-refractivity contribution is 7.92. The first kappa shape index (κ1) is 24.3. The zero-order chi connectivity index (χ0) is 25.0. The molecule has 0 atom stereocenters. The minimum Gasteiger partial charge on any atom is -0.496 e. The van der Waals surface area contributed by atoms with Crippen LogP contribution in [0.2, 0.25) is 0 Å². The minimum atomic E-state index is -3.42. The summed E-state index contributed by atoms with van der Waals surface area (Å²) in [6.07, 6.45) is 1.37. The van der Waals surface area contributed by atoms with Gasteiger partial charge < -0.3 is 20.1 Å². The van der Waals surface area contributed by atoms with Crippen LogP contribution in [-0.4, -0.2) is 46.7 Å². The Balaban J connectivity index is 1.47. The molecule has 1 aliphatic heterocycles. The Kier molecular flexibility index (Phi) is 7.11. The zero-order valence-corrected chi connectivity index (χ0v) is 20.4. The van der Waals surface area contributed by atoms with E-state index in [1.807, 2.05) is 36.4 Å². The molecule has 10 heteroatoms. The second-order valence-electron chi connectivity index (χ2n) is 8.09. The molecular weight excluding hydrogens is 470 g/mol. The van der Waals surface area contributed by atoms with Crippen molar-refractivity contribution in [2.45, 2.75) is 19.4 Å². The third kappa shape index (κ3) is 5.17. The van der Waals surface area contributed by atoms with Crippen molar-refractivity contribution in [3.63, 3.8) is 0 Å². The van der Waals surface area contributed by atoms with Crippen molar-refractivity contribution in [3.05, 3.63) is 60.2 Å². The number of hydrogen-bond acceptors (Lipinski definition) is 6. The average molecular weight is 498 g/mol. The highest BCUT2D eigenvalue weighted by Crippen LogP contribution is 2.35. The molecule has 0 aromatic heterocycles. The van der Waals surface area contributed by atoms with Gasteiger partial charge in [0.25, 0.3) is 0 Å². The molecule has 0 unspecified atom stereocenters. The molecule has 9 nitrogen and oxygen atoms in total. The van der Waals surface area contributed by atoms with Gasteiger partial charge in [-0.2, -0.15) is 0 Å². The van der Waals surface area contributed by atoms with Crippen molar-refractivity contribution in [1.82, 2.24) is 5.32 Å². The molecule has 0 aliphatic carbocycles. The number of rotatable bonds is 6. The molecule has 0 bridgehead atoms. The van der Waals surface area contributed by atoms with E-state index in [0.29, 0.717) is 30.1 Å². The molecule has 1 heterocycles. The van der Waals surface area contributed by atoms with Crippen LogP contribution in [0.15, 0.2) is 54.6 Å². The van der Waals surface area contributed by atoms with Crippen LogP contribution in [0.25, 0.3) is 10.8 Å². The standard InChI is InChI=1S/C25H27N3O6S/c1-33-22-12-9-17-7-3-4-8-19(17)20(22)16-26-24(29)25(30)27-18-10-11-21(23(15-18)34-2)28-13-5-6-14-35(28,31)32/h3-4,7-12,15H,5-6,13-14,16H2,1-2H3,(H,26,29)(H,27,30). The van der Waals surface area contributed by atoms with Crippen LogP contribution < -0.4 is 24.4 Å². The van der Waals surface area contributed by atoms with Gasteiger partial charge in [-0.05, 0) is 41.8 Å². The van der Waals surface area contributed by atoms with Crippen LogP contribution in [0.4, 0.5) is 11.4 Å². The molecule has 3 aromatic rings. The molecule has 0 radical (unpaired) electrons. The van der Waals surface area contributed by atoms with Crippen LogP contribution in [-0.2, 0) is 26.2 Å². The van der Waals surface area contributed by atoms with Gasteiger partial charge in [-0.1, -0.05) is 30.3 Å². The number of hydrogen-bond donors (Lipinski definition) is 2. The zero-order valence-electron chi connectivity index (χ0n) is 19.5. The smallest absolute Gasteiger partial charge is 0.313 e. The molecule has 4 rings (SSSR count). The van der Waals surface area contributed by atoms with Crippen LogP contribution in [0, 0.1) is 0 Å². The molecule has 1 aliphatic rings. The lowest BCUT2D eigenvalue weighted by Crippen LogP contribution is -2.38. The largest absolute Gasteiger partial charge is 0.496 e. The van der Waals surface area contributed by atoms with E-state index in [9.17, 15) is 18.0 Å². The molecule has 3 aromatic carbocycles. The lowest BCUT2D eigenvalue weighted by molar-refractivity contribution is -0.136. The van der Waals surface area contributed by atoms with E-state index in [0.717, 1.165) is 22.8 Å². The van der Waals surface area contributed by atoms with Crippen molar-refractivity contribution >= 4 is 44.0 Å². The maximum Gasteiger partial charge on any atom is 0.313 e. The number of benzene rings is 3. The average Bonchev–Trinajstić information content (AvgIpc) is 2.86. The van der Waals surface area contributed by atoms with E-state index in [-0.39, 0.29) is 18.0 Å². The summed E-state index contributed by atoms with van der Waals surface area (Å²) >= 11 is 0. The Labute approximate surface area is 204 Å². The fraction of sp³-hybridized carbons (Fsp3) is 0.280. The van der Waals surface area contributed by atoms with E-state index in [1.165, 1.54) is 17.5 Å². The Hall–Kier alpha value is -3.79. The fourth-order valence-electron chi connectivity index (χ4n) is 4.15. The monoisotopic (exact) mass is 497 g/mol. The molecular formula is C25H27N3O6S. The topological polar surface area (TPSA) is 114 Å². The first-order valence-electron chi connectivity index (χ1n) is 11.2. The number of nitrogens with zero attached hydrogens (tertiary/aromatic N) is 1. The van der Waals surface area contributed by atoms with Gasteiger partial charge in [0.2, 0.25) is 10.0 Å². The predicted octanol–water partition coefficient (Wildman–Crippen LogP) is 3.04. The van der Waals surface area contributed by atoms with Gasteiger partial charge in [0.15, 0.2) is 0 Å². The van der Waals surface area contributed by atoms with Crippen LogP contribution in [0.3, 0.4) is 0 Å². The number of amides is 2. The van der Waals surface area contributed by atoms with Gasteiger partial charge in [0, 0.05) is 30.4 Å². The Morgan fingerprint density at radius 2 is 1.71 bits per heavy atom. The number of fused-ring (bicyclic) bond motifs is 1. The third-order valence-electron chi connectivity index (χ3n) is 5.91. The predicted molar refractivity (Wildman–Crippen MR) is 134 cm³/mol. The van der Waals surface area contributed by atoms with Crippen LogP contribution in [0.1, 0.15) is 18.4 Å². The van der Waals surface area contributed by atoms with E-state index in [4.69, 9.17) is 9.47 Å². The number of ether oxygens (including phenoxy) is 2. The van der Waals surface area contributed by atoms with E-state index < -0.39 is 21.8 Å². The molecule has 2 N–H and O–H groups in total. The summed E-state index contributed by atoms with van der Waals surface area (Å²) in [7, 11) is -0.450. The summed E-state index contributed by atoms with van der Waals surface area (Å²) in [6, 6.07) is 16.1. The summed E-state index contributed by atoms with van der Waals surface area (Å²) < 4.78 is 37.0. The Morgan fingerprint density at radius 1 is 0.943 bits per heavy atom. The maximum atomic E-state index is 12.5. The Bertz CT molecular complexity index is 1370. The number of anilines is 2. The van der Waals surface area contributed by atoms with Crippen molar-refractivity contribution in [3.8, 4) is 11.5 Å². The fourth-order valence-corrected chi connectivity index (χ4v) is 5.79. The molecule has 184 valence electrons. The maximum absolute atomic E-state index is 12.5. The lowest BCUT2D eigenvalue weighted by atomic mass is 10.0. The highest BCUT2D eigenvalue weighted by atomic mass is 32.2. The van der Waals surface area contributed by atoms with Crippen LogP contribution >= 0.6 is 0 Å². The number of carbonyl (C=O) groups excluding carboxylic acids is 2. The first-order chi connectivity index (χ1) is 16.8. The van der Waals surface area contributed by atoms with Crippen molar-refractivity contribution < 1.29 is 27.5 Å². The van der Waals surface area contributed by atoms with E-state index in [2.05, 4.69) is 10.6 Å². The molecule has 1 saturated heterocycles. The quantitative estimate of drug-likeness (QED) is 0.506. The summed E-state index contributed by atoms with van der Waals surface area (Å²) in [5.74, 6) is -0.700. The summed E-state index contributed by atoms with van der Waals surface area (Å²) in [5.41, 5.74) is 1.47. The van der Waals surface area contributed by atoms with Gasteiger partial charge in [0.05, 0.1) is 25.7 Å². The number of nitrogens with one attached hydrogen (secondary N) is 2. The van der Waals surface area contributed by atoms with Crippen molar-refractivity contribution in [2.24, 2.45) is 0 Å². The van der Waals surface area contributed by atoms with Gasteiger partial charge in [0.1, 0.15) is 11.5 Å². The SMILES string of the molecule is COc1cc(NC(=O)C(=O)NCc2c(OC)ccc3ccccc23)ccc1N1CCCCS1(=O)=O. The van der Waals surface area contributed by atoms with Gasteiger partial charge in [-0.15, -0.1) is 0 Å². The van der Waals surface area contributed by atoms with E-state index in [1.54, 1.807) is 19.2 Å². The van der Waals surface area contributed by atoms with Crippen LogP contribution in [0.5, 0.6) is 11.5 Å². The van der Waals surface area contributed by atoms with E-state index >= 15 is 0 Å². The van der Waals surface area contributed by atoms with Crippen molar-refractivity contribution in [1.29, 1.82) is 0 Å². The third-order valence-corrected chi connectivity index (χ3v) is 7.76. The highest BCUT2D eigenvalue weighted by Gasteiger charge is 2.28. The normalized spacial score (nSPS) is 14.9. The van der Waals surface area contributed by atoms with Crippen molar-refractivity contribution in [2.75, 3.05) is 36.1 Å². The molecule has 0 saturated carbocycles. The van der Waals surface area contributed by atoms with Gasteiger partial charge in [-0.3, -0.25) is 13.9 Å². The lowest BCUT2D eigenvalue weighted by Gasteiger charge is -2.29. The van der Waals surface area contributed by atoms with Gasteiger partial charge >= 0.3 is 11.8 Å². The number of sulfonamides is 1. The summed E-state index contributed by atoms with van der Waals surface area (Å²) in [5, 5.41) is 7.09. The second-order valence-corrected chi connectivity index (χ2v) is 10.1. The second kappa shape index (κ2) is 10.2. The molecule has 2 amide bonds. The Morgan fingerprint density at radius 3 is 2.46 bits per heavy atom. The first-order valence-corrected chi connectivity index (χ1v) is 12.8. The number of methoxy groups -OCH3 is 2. The minimum absolute atomic E-state index is 0.0797. The number of carbonyl (C=O) groups is 2. The summed E-state index contributed by atoms with van der Waals surface area (Å²) in [4.78, 5) is 25.1. The molecule has 35 heavy (non-hydrogen) atoms. The van der Waals surface area contributed by atoms with Gasteiger partial charge in [-0.25, -0.2) is 8.42 Å².